The Bertz CT molecular complexity index is 1530. The second-order valence-corrected chi connectivity index (χ2v) is 12.7. The second-order valence-electron chi connectivity index (χ2n) is 9.51. The molecule has 0 amide bonds. The lowest BCUT2D eigenvalue weighted by molar-refractivity contribution is -0.139. The maximum Gasteiger partial charge on any atom is 0.316 e. The molecule has 3 heterocycles. The Morgan fingerprint density at radius 3 is 2.45 bits per heavy atom. The number of thioether (sulfide) groups is 1. The molecule has 0 saturated carbocycles. The van der Waals surface area contributed by atoms with Crippen molar-refractivity contribution in [1.29, 1.82) is 0 Å². The van der Waals surface area contributed by atoms with Gasteiger partial charge in [0.25, 0.3) is 5.13 Å². The van der Waals surface area contributed by atoms with Crippen LogP contribution in [0.15, 0.2) is 63.1 Å². The van der Waals surface area contributed by atoms with E-state index in [9.17, 15) is 4.79 Å². The van der Waals surface area contributed by atoms with Gasteiger partial charge in [-0.1, -0.05) is 34.4 Å². The molecule has 1 aliphatic heterocycles. The molecule has 1 fully saturated rings. The Balaban J connectivity index is 1.10. The number of hydrogen-bond acceptors (Lipinski definition) is 14. The van der Waals surface area contributed by atoms with Crippen LogP contribution in [0.5, 0.6) is 0 Å². The van der Waals surface area contributed by atoms with Crippen LogP contribution in [-0.2, 0) is 9.53 Å². The minimum atomic E-state index is -0.280. The molecule has 0 bridgehead atoms. The van der Waals surface area contributed by atoms with Crippen LogP contribution in [0.1, 0.15) is 30.9 Å². The topological polar surface area (TPSA) is 128 Å². The molecule has 11 nitrogen and oxygen atoms in total. The molecule has 2 aromatic carbocycles. The summed E-state index contributed by atoms with van der Waals surface area (Å²) < 4.78 is 5.57. The van der Waals surface area contributed by atoms with Crippen molar-refractivity contribution in [2.75, 3.05) is 52.1 Å². The standard InChI is InChI=1S/C28H33N9O2S3/c1-4-39-26(38)17-40-28-36-35-27(42-28)34-32-23-10-7-20(15-19(23)3)29-31-22-9-8-21(16-18(22)2)30-33-24-11-12-25(41-24)37-13-5-6-14-37/h7-12,15-16,29-31,33H,4-6,13-14,17H2,1-3H3/b34-32+. The summed E-state index contributed by atoms with van der Waals surface area (Å²) in [6.07, 6.45) is 2.55. The molecule has 5 rings (SSSR count). The van der Waals surface area contributed by atoms with Crippen LogP contribution in [-0.4, -0.2) is 41.6 Å². The van der Waals surface area contributed by atoms with Gasteiger partial charge in [-0.25, -0.2) is 0 Å². The molecule has 0 unspecified atom stereocenters. The van der Waals surface area contributed by atoms with Gasteiger partial charge in [-0.2, -0.15) is 0 Å². The zero-order valence-corrected chi connectivity index (χ0v) is 26.1. The number of ether oxygens (including phenoxy) is 1. The van der Waals surface area contributed by atoms with E-state index < -0.39 is 0 Å². The van der Waals surface area contributed by atoms with Gasteiger partial charge in [0, 0.05) is 13.1 Å². The summed E-state index contributed by atoms with van der Waals surface area (Å²) in [4.78, 5) is 14.0. The molecule has 4 N–H and O–H groups in total. The van der Waals surface area contributed by atoms with E-state index in [1.165, 1.54) is 40.9 Å². The highest BCUT2D eigenvalue weighted by atomic mass is 32.2. The Labute approximate surface area is 257 Å². The van der Waals surface area contributed by atoms with Crippen LogP contribution in [0.4, 0.5) is 37.9 Å². The number of azo groups is 1. The van der Waals surface area contributed by atoms with Crippen molar-refractivity contribution in [3.8, 4) is 0 Å². The number of thiophene rings is 1. The fraction of sp³-hybridized carbons (Fsp3) is 0.321. The summed E-state index contributed by atoms with van der Waals surface area (Å²) >= 11 is 4.32. The van der Waals surface area contributed by atoms with Gasteiger partial charge in [0.05, 0.1) is 40.1 Å². The molecule has 1 aliphatic rings. The molecular formula is C28H33N9O2S3. The van der Waals surface area contributed by atoms with Crippen molar-refractivity contribution in [2.24, 2.45) is 10.2 Å². The number of carbonyl (C=O) groups is 1. The first-order valence-electron chi connectivity index (χ1n) is 13.6. The summed E-state index contributed by atoms with van der Waals surface area (Å²) in [5.41, 5.74) is 18.8. The molecule has 0 spiro atoms. The average Bonchev–Trinajstić information content (AvgIpc) is 3.76. The highest BCUT2D eigenvalue weighted by Gasteiger charge is 2.14. The van der Waals surface area contributed by atoms with Crippen LogP contribution in [0.25, 0.3) is 0 Å². The lowest BCUT2D eigenvalue weighted by atomic mass is 10.2. The first kappa shape index (κ1) is 29.6. The van der Waals surface area contributed by atoms with Crippen molar-refractivity contribution in [1.82, 2.24) is 10.2 Å². The third kappa shape index (κ3) is 8.11. The summed E-state index contributed by atoms with van der Waals surface area (Å²) in [7, 11) is 0. The highest BCUT2D eigenvalue weighted by Crippen LogP contribution is 2.33. The summed E-state index contributed by atoms with van der Waals surface area (Å²) in [6.45, 7) is 8.47. The second kappa shape index (κ2) is 14.3. The molecule has 42 heavy (non-hydrogen) atoms. The molecule has 14 heteroatoms. The van der Waals surface area contributed by atoms with Crippen LogP contribution in [0, 0.1) is 13.8 Å². The Morgan fingerprint density at radius 2 is 1.69 bits per heavy atom. The normalized spacial score (nSPS) is 13.0. The molecule has 4 aromatic rings. The minimum absolute atomic E-state index is 0.189. The zero-order valence-electron chi connectivity index (χ0n) is 23.6. The van der Waals surface area contributed by atoms with Crippen LogP contribution >= 0.6 is 34.4 Å². The Hall–Kier alpha value is -3.88. The number of esters is 1. The zero-order chi connectivity index (χ0) is 29.3. The van der Waals surface area contributed by atoms with Crippen LogP contribution in [0.2, 0.25) is 0 Å². The first-order chi connectivity index (χ1) is 20.5. The third-order valence-corrected chi connectivity index (χ3v) is 9.34. The van der Waals surface area contributed by atoms with E-state index in [4.69, 9.17) is 4.74 Å². The molecule has 0 radical (unpaired) electrons. The minimum Gasteiger partial charge on any atom is -0.465 e. The van der Waals surface area contributed by atoms with E-state index in [0.717, 1.165) is 52.0 Å². The molecule has 0 atom stereocenters. The van der Waals surface area contributed by atoms with Crippen molar-refractivity contribution in [2.45, 2.75) is 38.0 Å². The number of aryl methyl sites for hydroxylation is 2. The largest absolute Gasteiger partial charge is 0.465 e. The lowest BCUT2D eigenvalue weighted by Crippen LogP contribution is -2.15. The molecule has 220 valence electrons. The van der Waals surface area contributed by atoms with Gasteiger partial charge >= 0.3 is 5.97 Å². The molecule has 0 aliphatic carbocycles. The van der Waals surface area contributed by atoms with E-state index in [0.29, 0.717) is 16.1 Å². The number of nitrogens with zero attached hydrogens (tertiary/aromatic N) is 5. The maximum absolute atomic E-state index is 11.5. The Morgan fingerprint density at radius 1 is 0.929 bits per heavy atom. The van der Waals surface area contributed by atoms with Crippen molar-refractivity contribution >= 4 is 78.3 Å². The van der Waals surface area contributed by atoms with Crippen molar-refractivity contribution in [3.63, 3.8) is 0 Å². The monoisotopic (exact) mass is 623 g/mol. The van der Waals surface area contributed by atoms with Gasteiger partial charge in [-0.15, -0.1) is 20.4 Å². The number of carbonyl (C=O) groups excluding carboxylic acids is 1. The number of aromatic nitrogens is 2. The smallest absolute Gasteiger partial charge is 0.316 e. The molecule has 1 saturated heterocycles. The summed E-state index contributed by atoms with van der Waals surface area (Å²) in [6, 6.07) is 16.3. The van der Waals surface area contributed by atoms with Crippen molar-refractivity contribution in [3.05, 3.63) is 59.7 Å². The fourth-order valence-electron chi connectivity index (χ4n) is 4.22. The number of anilines is 5. The number of benzene rings is 2. The number of nitrogens with one attached hydrogen (secondary N) is 4. The number of hydrazine groups is 2. The Kier molecular flexibility index (Phi) is 10.1. The predicted molar refractivity (Wildman–Crippen MR) is 174 cm³/mol. The molecule has 2 aromatic heterocycles. The molecular weight excluding hydrogens is 591 g/mol. The quantitative estimate of drug-likeness (QED) is 0.0507. The summed E-state index contributed by atoms with van der Waals surface area (Å²) in [5, 5.41) is 19.4. The van der Waals surface area contributed by atoms with E-state index in [1.807, 2.05) is 37.3 Å². The number of hydrogen-bond donors (Lipinski definition) is 4. The summed E-state index contributed by atoms with van der Waals surface area (Å²) in [5.74, 6) is -0.0916. The van der Waals surface area contributed by atoms with Crippen LogP contribution < -0.4 is 26.6 Å². The average molecular weight is 624 g/mol. The van der Waals surface area contributed by atoms with E-state index in [-0.39, 0.29) is 11.7 Å². The lowest BCUT2D eigenvalue weighted by Gasteiger charge is -2.15. The maximum atomic E-state index is 11.5. The van der Waals surface area contributed by atoms with Gasteiger partial charge in [-0.05, 0) is 93.3 Å². The van der Waals surface area contributed by atoms with Gasteiger partial charge in [0.15, 0.2) is 4.34 Å². The van der Waals surface area contributed by atoms with Gasteiger partial charge in [0.1, 0.15) is 5.00 Å². The van der Waals surface area contributed by atoms with Gasteiger partial charge in [0.2, 0.25) is 0 Å². The highest BCUT2D eigenvalue weighted by molar-refractivity contribution is 8.01. The van der Waals surface area contributed by atoms with E-state index in [1.54, 1.807) is 18.3 Å². The van der Waals surface area contributed by atoms with Crippen molar-refractivity contribution < 1.29 is 9.53 Å². The van der Waals surface area contributed by atoms with E-state index >= 15 is 0 Å². The predicted octanol–water partition coefficient (Wildman–Crippen LogP) is 7.77. The third-order valence-electron chi connectivity index (χ3n) is 6.36. The van der Waals surface area contributed by atoms with E-state index in [2.05, 4.69) is 72.2 Å². The first-order valence-corrected chi connectivity index (χ1v) is 16.2. The SMILES string of the molecule is CCOC(=O)CSc1nnc(/N=N/c2ccc(NNc3ccc(NNc4ccc(N5CCCC5)s4)cc3C)cc2C)s1. The number of rotatable bonds is 13. The van der Waals surface area contributed by atoms with Gasteiger partial charge < -0.3 is 25.9 Å². The van der Waals surface area contributed by atoms with Gasteiger partial charge in [-0.3, -0.25) is 10.2 Å². The van der Waals surface area contributed by atoms with Crippen LogP contribution in [0.3, 0.4) is 0 Å². The fourth-order valence-corrected chi connectivity index (χ4v) is 6.60.